The minimum atomic E-state index is -0.246. The van der Waals surface area contributed by atoms with Crippen LogP contribution in [0.25, 0.3) is 0 Å². The topological polar surface area (TPSA) is 34.1 Å². The highest BCUT2D eigenvalue weighted by Gasteiger charge is 2.20. The normalized spacial score (nSPS) is 11.9. The van der Waals surface area contributed by atoms with Crippen LogP contribution in [0.1, 0.15) is 47.7 Å². The van der Waals surface area contributed by atoms with Crippen molar-refractivity contribution in [2.24, 2.45) is 0 Å². The summed E-state index contributed by atoms with van der Waals surface area (Å²) in [5.41, 5.74) is 2.08. The Balaban J connectivity index is 2.43. The predicted molar refractivity (Wildman–Crippen MR) is 80.0 cm³/mol. The van der Waals surface area contributed by atoms with E-state index in [1.54, 1.807) is 18.2 Å². The van der Waals surface area contributed by atoms with Gasteiger partial charge in [0.15, 0.2) is 5.78 Å². The number of Topliss-reactive ketones (excluding diaryl/α,β-unsaturated/α-hetero) is 1. The molecule has 0 fully saturated rings. The van der Waals surface area contributed by atoms with Crippen LogP contribution >= 0.6 is 0 Å². The number of carbonyl (C=O) groups excluding carboxylic acids is 2. The standard InChI is InChI=1S/C18H18O2/c1-3-17(19)13(2)15-11-7-8-12-16(15)18(20)14-9-5-4-6-10-14/h4-13H,3H2,1-2H3. The van der Waals surface area contributed by atoms with Crippen LogP contribution < -0.4 is 0 Å². The SMILES string of the molecule is CCC(=O)C(C)c1ccccc1C(=O)c1ccccc1. The molecule has 0 amide bonds. The Hall–Kier alpha value is -2.22. The molecule has 0 N–H and O–H groups in total. The summed E-state index contributed by atoms with van der Waals surface area (Å²) in [6.07, 6.45) is 0.481. The molecule has 2 aromatic carbocycles. The van der Waals surface area contributed by atoms with E-state index in [2.05, 4.69) is 0 Å². The fourth-order valence-corrected chi connectivity index (χ4v) is 2.31. The minimum absolute atomic E-state index is 0.0306. The van der Waals surface area contributed by atoms with Gasteiger partial charge in [-0.15, -0.1) is 0 Å². The molecule has 0 aliphatic carbocycles. The van der Waals surface area contributed by atoms with Crippen molar-refractivity contribution in [2.75, 3.05) is 0 Å². The molecule has 2 aromatic rings. The van der Waals surface area contributed by atoms with E-state index in [9.17, 15) is 9.59 Å². The molecular formula is C18H18O2. The van der Waals surface area contributed by atoms with Gasteiger partial charge >= 0.3 is 0 Å². The molecule has 0 bridgehead atoms. The summed E-state index contributed by atoms with van der Waals surface area (Å²) in [7, 11) is 0. The Bertz CT molecular complexity index is 614. The van der Waals surface area contributed by atoms with Gasteiger partial charge in [-0.2, -0.15) is 0 Å². The molecule has 1 atom stereocenters. The number of carbonyl (C=O) groups is 2. The summed E-state index contributed by atoms with van der Waals surface area (Å²) in [5.74, 6) is -0.126. The van der Waals surface area contributed by atoms with E-state index >= 15 is 0 Å². The average molecular weight is 266 g/mol. The summed E-state index contributed by atoms with van der Waals surface area (Å²) in [6, 6.07) is 16.5. The van der Waals surface area contributed by atoms with Gasteiger partial charge in [0.05, 0.1) is 0 Å². The molecule has 0 spiro atoms. The van der Waals surface area contributed by atoms with E-state index in [0.717, 1.165) is 5.56 Å². The Labute approximate surface area is 119 Å². The van der Waals surface area contributed by atoms with Gasteiger partial charge in [0.25, 0.3) is 0 Å². The van der Waals surface area contributed by atoms with Gasteiger partial charge in [-0.25, -0.2) is 0 Å². The quantitative estimate of drug-likeness (QED) is 0.766. The van der Waals surface area contributed by atoms with Crippen molar-refractivity contribution < 1.29 is 9.59 Å². The van der Waals surface area contributed by atoms with Gasteiger partial charge in [-0.3, -0.25) is 9.59 Å². The Morgan fingerprint density at radius 3 is 2.20 bits per heavy atom. The second kappa shape index (κ2) is 6.29. The van der Waals surface area contributed by atoms with Crippen molar-refractivity contribution in [3.05, 3.63) is 71.3 Å². The second-order valence-corrected chi connectivity index (χ2v) is 4.82. The summed E-state index contributed by atoms with van der Waals surface area (Å²) in [4.78, 5) is 24.5. The first-order valence-electron chi connectivity index (χ1n) is 6.86. The number of hydrogen-bond donors (Lipinski definition) is 0. The molecule has 0 heterocycles. The number of rotatable bonds is 5. The summed E-state index contributed by atoms with van der Waals surface area (Å²) in [5, 5.41) is 0. The molecule has 0 aliphatic heterocycles. The third kappa shape index (κ3) is 2.85. The Morgan fingerprint density at radius 1 is 0.950 bits per heavy atom. The van der Waals surface area contributed by atoms with E-state index in [1.165, 1.54) is 0 Å². The second-order valence-electron chi connectivity index (χ2n) is 4.82. The number of ketones is 2. The molecule has 2 nitrogen and oxygen atoms in total. The van der Waals surface area contributed by atoms with Crippen LogP contribution in [-0.2, 0) is 4.79 Å². The molecule has 0 aliphatic rings. The highest BCUT2D eigenvalue weighted by Crippen LogP contribution is 2.24. The van der Waals surface area contributed by atoms with Crippen molar-refractivity contribution in [1.82, 2.24) is 0 Å². The molecule has 0 aromatic heterocycles. The van der Waals surface area contributed by atoms with Gasteiger partial charge in [-0.05, 0) is 5.56 Å². The molecule has 102 valence electrons. The van der Waals surface area contributed by atoms with Crippen molar-refractivity contribution in [2.45, 2.75) is 26.2 Å². The molecule has 1 unspecified atom stereocenters. The fourth-order valence-electron chi connectivity index (χ4n) is 2.31. The van der Waals surface area contributed by atoms with Crippen LogP contribution in [0, 0.1) is 0 Å². The largest absolute Gasteiger partial charge is 0.299 e. The van der Waals surface area contributed by atoms with Crippen molar-refractivity contribution in [3.8, 4) is 0 Å². The van der Waals surface area contributed by atoms with Crippen LogP contribution in [0.2, 0.25) is 0 Å². The Morgan fingerprint density at radius 2 is 1.55 bits per heavy atom. The zero-order chi connectivity index (χ0) is 14.5. The molecule has 2 heteroatoms. The summed E-state index contributed by atoms with van der Waals surface area (Å²) >= 11 is 0. The van der Waals surface area contributed by atoms with Gasteiger partial charge in [0, 0.05) is 23.5 Å². The molecule has 20 heavy (non-hydrogen) atoms. The molecule has 2 rings (SSSR count). The first-order valence-corrected chi connectivity index (χ1v) is 6.86. The highest BCUT2D eigenvalue weighted by molar-refractivity contribution is 6.10. The van der Waals surface area contributed by atoms with Crippen LogP contribution in [0.15, 0.2) is 54.6 Å². The van der Waals surface area contributed by atoms with Crippen molar-refractivity contribution in [1.29, 1.82) is 0 Å². The van der Waals surface area contributed by atoms with Crippen molar-refractivity contribution in [3.63, 3.8) is 0 Å². The lowest BCUT2D eigenvalue weighted by Gasteiger charge is -2.14. The zero-order valence-corrected chi connectivity index (χ0v) is 11.8. The van der Waals surface area contributed by atoms with Gasteiger partial charge in [-0.1, -0.05) is 68.4 Å². The van der Waals surface area contributed by atoms with Gasteiger partial charge in [0.1, 0.15) is 5.78 Å². The first-order chi connectivity index (χ1) is 9.65. The van der Waals surface area contributed by atoms with Crippen LogP contribution in [0.5, 0.6) is 0 Å². The molecule has 0 radical (unpaired) electrons. The highest BCUT2D eigenvalue weighted by atomic mass is 16.1. The monoisotopic (exact) mass is 266 g/mol. The molecule has 0 saturated carbocycles. The number of hydrogen-bond acceptors (Lipinski definition) is 2. The Kier molecular flexibility index (Phi) is 4.46. The zero-order valence-electron chi connectivity index (χ0n) is 11.8. The van der Waals surface area contributed by atoms with E-state index in [4.69, 9.17) is 0 Å². The first kappa shape index (κ1) is 14.2. The van der Waals surface area contributed by atoms with E-state index in [0.29, 0.717) is 17.5 Å². The fraction of sp³-hybridized carbons (Fsp3) is 0.222. The van der Waals surface area contributed by atoms with Crippen LogP contribution in [-0.4, -0.2) is 11.6 Å². The average Bonchev–Trinajstić information content (AvgIpc) is 2.53. The lowest BCUT2D eigenvalue weighted by atomic mass is 9.88. The van der Waals surface area contributed by atoms with Crippen LogP contribution in [0.4, 0.5) is 0 Å². The van der Waals surface area contributed by atoms with E-state index in [1.807, 2.05) is 50.2 Å². The summed E-state index contributed by atoms with van der Waals surface area (Å²) in [6.45, 7) is 3.71. The number of benzene rings is 2. The lowest BCUT2D eigenvalue weighted by Crippen LogP contribution is -2.13. The van der Waals surface area contributed by atoms with Gasteiger partial charge in [0.2, 0.25) is 0 Å². The maximum Gasteiger partial charge on any atom is 0.193 e. The van der Waals surface area contributed by atoms with E-state index < -0.39 is 0 Å². The molecular weight excluding hydrogens is 248 g/mol. The molecule has 0 saturated heterocycles. The summed E-state index contributed by atoms with van der Waals surface area (Å²) < 4.78 is 0. The predicted octanol–water partition coefficient (Wildman–Crippen LogP) is 4.00. The smallest absolute Gasteiger partial charge is 0.193 e. The minimum Gasteiger partial charge on any atom is -0.299 e. The maximum absolute atomic E-state index is 12.6. The van der Waals surface area contributed by atoms with Gasteiger partial charge < -0.3 is 0 Å². The third-order valence-corrected chi connectivity index (χ3v) is 3.54. The van der Waals surface area contributed by atoms with E-state index in [-0.39, 0.29) is 17.5 Å². The van der Waals surface area contributed by atoms with Crippen molar-refractivity contribution >= 4 is 11.6 Å². The lowest BCUT2D eigenvalue weighted by molar-refractivity contribution is -0.119. The third-order valence-electron chi connectivity index (χ3n) is 3.54. The van der Waals surface area contributed by atoms with Crippen LogP contribution in [0.3, 0.4) is 0 Å². The maximum atomic E-state index is 12.6.